The van der Waals surface area contributed by atoms with E-state index in [1.807, 2.05) is 60.7 Å². The van der Waals surface area contributed by atoms with Crippen molar-refractivity contribution >= 4 is 54.1 Å². The standard InChI is InChI=1S/C20H22Cl3O5P/c21-11-14-24-29(25-15-12-22,26-16-13-23)27-19(17-7-3-1-4-8-17)20(28-29)18-9-5-2-6-10-18/h1-10H,11-16H2. The van der Waals surface area contributed by atoms with E-state index in [4.69, 9.17) is 57.4 Å². The number of hydrogen-bond donors (Lipinski definition) is 0. The van der Waals surface area contributed by atoms with E-state index in [9.17, 15) is 0 Å². The summed E-state index contributed by atoms with van der Waals surface area (Å²) >= 11 is 17.7. The number of rotatable bonds is 11. The first-order chi connectivity index (χ1) is 14.2. The van der Waals surface area contributed by atoms with Crippen LogP contribution in [0, 0.1) is 0 Å². The molecule has 0 amide bonds. The number of benzene rings is 2. The van der Waals surface area contributed by atoms with Gasteiger partial charge in [0.2, 0.25) is 0 Å². The molecule has 5 nitrogen and oxygen atoms in total. The molecular weight excluding hydrogens is 458 g/mol. The zero-order valence-corrected chi connectivity index (χ0v) is 18.8. The molecule has 3 rings (SSSR count). The van der Waals surface area contributed by atoms with Gasteiger partial charge in [0.15, 0.2) is 0 Å². The molecule has 0 radical (unpaired) electrons. The molecule has 1 aliphatic rings. The average Bonchev–Trinajstić information content (AvgIpc) is 3.13. The Morgan fingerprint density at radius 2 is 0.931 bits per heavy atom. The molecule has 2 aromatic carbocycles. The van der Waals surface area contributed by atoms with Crippen molar-refractivity contribution in [1.29, 1.82) is 0 Å². The Bertz CT molecular complexity index is 739. The van der Waals surface area contributed by atoms with Crippen molar-refractivity contribution in [2.45, 2.75) is 0 Å². The second kappa shape index (κ2) is 10.3. The minimum absolute atomic E-state index is 0.0914. The van der Waals surface area contributed by atoms with Crippen LogP contribution in [0.2, 0.25) is 0 Å². The van der Waals surface area contributed by atoms with Crippen LogP contribution >= 0.6 is 42.5 Å². The second-order valence-corrected chi connectivity index (χ2v) is 9.65. The van der Waals surface area contributed by atoms with Gasteiger partial charge in [0.25, 0.3) is 0 Å². The molecule has 0 saturated heterocycles. The van der Waals surface area contributed by atoms with Gasteiger partial charge in [0, 0.05) is 0 Å². The average molecular weight is 480 g/mol. The summed E-state index contributed by atoms with van der Waals surface area (Å²) in [6.07, 6.45) is 0. The molecule has 29 heavy (non-hydrogen) atoms. The van der Waals surface area contributed by atoms with Crippen LogP contribution in [0.5, 0.6) is 0 Å². The molecule has 2 aromatic rings. The summed E-state index contributed by atoms with van der Waals surface area (Å²) in [5.74, 6) is 1.49. The summed E-state index contributed by atoms with van der Waals surface area (Å²) in [5.41, 5.74) is 1.58. The summed E-state index contributed by atoms with van der Waals surface area (Å²) < 4.78 is 30.6. The van der Waals surface area contributed by atoms with Crippen molar-refractivity contribution in [3.05, 3.63) is 71.8 Å². The molecule has 1 aliphatic heterocycles. The Hall–Kier alpha value is -1.04. The number of halogens is 3. The fraction of sp³-hybridized carbons (Fsp3) is 0.300. The van der Waals surface area contributed by atoms with Crippen LogP contribution in [-0.2, 0) is 22.6 Å². The van der Waals surface area contributed by atoms with Crippen molar-refractivity contribution in [3.8, 4) is 0 Å². The predicted octanol–water partition coefficient (Wildman–Crippen LogP) is 6.45. The van der Waals surface area contributed by atoms with E-state index in [-0.39, 0.29) is 37.5 Å². The molecule has 0 fully saturated rings. The van der Waals surface area contributed by atoms with Crippen molar-refractivity contribution in [1.82, 2.24) is 0 Å². The number of alkyl halides is 3. The van der Waals surface area contributed by atoms with Gasteiger partial charge >= 0.3 is 186 Å². The van der Waals surface area contributed by atoms with E-state index in [0.29, 0.717) is 11.5 Å². The molecular formula is C20H22Cl3O5P. The molecule has 0 atom stereocenters. The van der Waals surface area contributed by atoms with E-state index >= 15 is 0 Å². The van der Waals surface area contributed by atoms with Crippen LogP contribution in [0.3, 0.4) is 0 Å². The summed E-state index contributed by atoms with van der Waals surface area (Å²) in [5, 5.41) is 0. The third-order valence-corrected chi connectivity index (χ3v) is 7.13. The molecule has 0 saturated carbocycles. The SMILES string of the molecule is ClCCOP1(OCCCl)(OCCCl)OC(c2ccccc2)=C(c2ccccc2)O1. The van der Waals surface area contributed by atoms with Crippen molar-refractivity contribution in [3.63, 3.8) is 0 Å². The fourth-order valence-corrected chi connectivity index (χ4v) is 6.04. The van der Waals surface area contributed by atoms with Gasteiger partial charge < -0.3 is 0 Å². The van der Waals surface area contributed by atoms with Gasteiger partial charge in [-0.2, -0.15) is 0 Å². The van der Waals surface area contributed by atoms with E-state index in [2.05, 4.69) is 0 Å². The summed E-state index contributed by atoms with van der Waals surface area (Å²) in [4.78, 5) is 0. The summed E-state index contributed by atoms with van der Waals surface area (Å²) in [6, 6.07) is 19.1. The minimum atomic E-state index is -4.56. The molecule has 0 unspecified atom stereocenters. The first kappa shape index (κ1) is 22.6. The van der Waals surface area contributed by atoms with Crippen LogP contribution in [-0.4, -0.2) is 37.5 Å². The van der Waals surface area contributed by atoms with Crippen molar-refractivity contribution in [2.24, 2.45) is 0 Å². The predicted molar refractivity (Wildman–Crippen MR) is 119 cm³/mol. The van der Waals surface area contributed by atoms with Crippen LogP contribution in [0.25, 0.3) is 11.5 Å². The maximum absolute atomic E-state index is 6.34. The van der Waals surface area contributed by atoms with E-state index in [1.165, 1.54) is 0 Å². The Balaban J connectivity index is 2.12. The van der Waals surface area contributed by atoms with Crippen LogP contribution in [0.4, 0.5) is 0 Å². The normalized spacial score (nSPS) is 18.5. The molecule has 0 bridgehead atoms. The molecule has 158 valence electrons. The van der Waals surface area contributed by atoms with E-state index in [0.717, 1.165) is 11.1 Å². The van der Waals surface area contributed by atoms with Gasteiger partial charge in [0.1, 0.15) is 0 Å². The monoisotopic (exact) mass is 478 g/mol. The van der Waals surface area contributed by atoms with Crippen molar-refractivity contribution < 1.29 is 22.6 Å². The molecule has 0 aromatic heterocycles. The maximum atomic E-state index is 6.34. The molecule has 0 spiro atoms. The Morgan fingerprint density at radius 3 is 1.24 bits per heavy atom. The first-order valence-corrected chi connectivity index (χ1v) is 12.5. The van der Waals surface area contributed by atoms with Gasteiger partial charge in [-0.05, 0) is 0 Å². The Morgan fingerprint density at radius 1 is 0.586 bits per heavy atom. The van der Waals surface area contributed by atoms with E-state index < -0.39 is 7.74 Å². The zero-order chi connectivity index (χ0) is 20.6. The Kier molecular flexibility index (Phi) is 8.06. The Labute approximate surface area is 185 Å². The van der Waals surface area contributed by atoms with Crippen LogP contribution in [0.15, 0.2) is 60.7 Å². The second-order valence-electron chi connectivity index (χ2n) is 5.88. The molecule has 0 aliphatic carbocycles. The van der Waals surface area contributed by atoms with Gasteiger partial charge in [-0.3, -0.25) is 0 Å². The summed E-state index contributed by atoms with van der Waals surface area (Å²) in [7, 11) is -4.56. The zero-order valence-electron chi connectivity index (χ0n) is 15.6. The van der Waals surface area contributed by atoms with Gasteiger partial charge in [-0.15, -0.1) is 0 Å². The topological polar surface area (TPSA) is 46.2 Å². The fourth-order valence-electron chi connectivity index (χ4n) is 2.77. The molecule has 0 N–H and O–H groups in total. The first-order valence-electron chi connectivity index (χ1n) is 9.06. The van der Waals surface area contributed by atoms with Gasteiger partial charge in [-0.25, -0.2) is 0 Å². The quantitative estimate of drug-likeness (QED) is 0.274. The number of hydrogen-bond acceptors (Lipinski definition) is 5. The third-order valence-electron chi connectivity index (χ3n) is 3.90. The van der Waals surface area contributed by atoms with Gasteiger partial charge in [0.05, 0.1) is 0 Å². The van der Waals surface area contributed by atoms with Crippen LogP contribution in [0.1, 0.15) is 11.1 Å². The van der Waals surface area contributed by atoms with Gasteiger partial charge in [-0.1, -0.05) is 0 Å². The molecule has 9 heteroatoms. The van der Waals surface area contributed by atoms with Crippen LogP contribution < -0.4 is 0 Å². The third kappa shape index (κ3) is 5.18. The van der Waals surface area contributed by atoms with Crippen molar-refractivity contribution in [2.75, 3.05) is 37.5 Å². The molecule has 1 heterocycles. The summed E-state index contributed by atoms with van der Waals surface area (Å²) in [6.45, 7) is 0.274. The van der Waals surface area contributed by atoms with E-state index in [1.54, 1.807) is 0 Å².